The minimum atomic E-state index is -0.630. The fourth-order valence-corrected chi connectivity index (χ4v) is 3.09. The van der Waals surface area contributed by atoms with Gasteiger partial charge >= 0.3 is 5.97 Å². The van der Waals surface area contributed by atoms with Gasteiger partial charge in [-0.25, -0.2) is 4.98 Å². The maximum Gasteiger partial charge on any atom is 0.315 e. The highest BCUT2D eigenvalue weighted by atomic mass is 16.5. The molecule has 2 heterocycles. The Kier molecular flexibility index (Phi) is 7.21. The lowest BCUT2D eigenvalue weighted by molar-refractivity contribution is -0.143. The molecule has 3 N–H and O–H groups in total. The normalized spacial score (nSPS) is 10.6. The molecule has 31 heavy (non-hydrogen) atoms. The Hall–Kier alpha value is -3.88. The molecule has 3 aromatic rings. The molecule has 0 spiro atoms. The van der Waals surface area contributed by atoms with Crippen molar-refractivity contribution in [1.29, 1.82) is 0 Å². The minimum absolute atomic E-state index is 0.0778. The highest BCUT2D eigenvalue weighted by Crippen LogP contribution is 2.21. The predicted octanol–water partition coefficient (Wildman–Crippen LogP) is 1.55. The summed E-state index contributed by atoms with van der Waals surface area (Å²) >= 11 is 0. The van der Waals surface area contributed by atoms with Gasteiger partial charge in [-0.3, -0.25) is 19.0 Å². The number of amides is 1. The van der Waals surface area contributed by atoms with Gasteiger partial charge < -0.3 is 20.2 Å². The minimum Gasteiger partial charge on any atom is -0.469 e. The molecule has 0 fully saturated rings. The van der Waals surface area contributed by atoms with Gasteiger partial charge in [0.1, 0.15) is 12.2 Å². The fourth-order valence-electron chi connectivity index (χ4n) is 3.09. The molecule has 162 valence electrons. The third-order valence-corrected chi connectivity index (χ3v) is 4.68. The fraction of sp³-hybridized carbons (Fsp3) is 0.273. The van der Waals surface area contributed by atoms with Gasteiger partial charge in [0, 0.05) is 24.7 Å². The largest absolute Gasteiger partial charge is 0.469 e. The number of esters is 1. The third kappa shape index (κ3) is 6.05. The lowest BCUT2D eigenvalue weighted by Crippen LogP contribution is -2.33. The van der Waals surface area contributed by atoms with E-state index in [0.29, 0.717) is 18.5 Å². The van der Waals surface area contributed by atoms with Crippen LogP contribution in [0.25, 0.3) is 11.3 Å². The van der Waals surface area contributed by atoms with E-state index in [4.69, 9.17) is 10.2 Å². The summed E-state index contributed by atoms with van der Waals surface area (Å²) in [4.78, 5) is 39.4. The molecule has 0 atom stereocenters. The van der Waals surface area contributed by atoms with E-state index < -0.39 is 11.9 Å². The monoisotopic (exact) mass is 424 g/mol. The van der Waals surface area contributed by atoms with Crippen molar-refractivity contribution in [2.45, 2.75) is 25.8 Å². The smallest absolute Gasteiger partial charge is 0.315 e. The summed E-state index contributed by atoms with van der Waals surface area (Å²) < 4.78 is 11.1. The number of nitrogens with zero attached hydrogens (tertiary/aromatic N) is 2. The topological polar surface area (TPSA) is 129 Å². The molecular formula is C22H24N4O5. The van der Waals surface area contributed by atoms with E-state index in [1.54, 1.807) is 6.26 Å². The molecule has 0 radical (unpaired) electrons. The summed E-state index contributed by atoms with van der Waals surface area (Å²) in [6.07, 6.45) is 2.50. The number of aryl methyl sites for hydroxylation is 2. The lowest BCUT2D eigenvalue weighted by Gasteiger charge is -2.11. The molecule has 0 unspecified atom stereocenters. The number of ether oxygens (including phenoxy) is 1. The van der Waals surface area contributed by atoms with Crippen LogP contribution in [-0.4, -0.2) is 35.1 Å². The number of rotatable bonds is 9. The maximum absolute atomic E-state index is 12.4. The maximum atomic E-state index is 12.4. The second-order valence-electron chi connectivity index (χ2n) is 6.88. The summed E-state index contributed by atoms with van der Waals surface area (Å²) in [5.74, 6) is -0.241. The highest BCUT2D eigenvalue weighted by Gasteiger charge is 2.10. The second kappa shape index (κ2) is 10.2. The van der Waals surface area contributed by atoms with E-state index >= 15 is 0 Å². The number of methoxy groups -OCH3 is 1. The Labute approximate surface area is 178 Å². The van der Waals surface area contributed by atoms with Crippen molar-refractivity contribution in [3.05, 3.63) is 70.3 Å². The summed E-state index contributed by atoms with van der Waals surface area (Å²) in [7, 11) is 1.21. The van der Waals surface area contributed by atoms with E-state index in [9.17, 15) is 14.4 Å². The standard InChI is InChI=1S/C22H24N4O5/c1-30-21(29)14-19(27)24-9-10-26-20(28)13-17(25-22(26)23)8-7-15-4-2-5-16(12-15)18-6-3-11-31-18/h2-6,11-13H,7-10,14H2,1H3,(H2,23,25)(H,24,27). The van der Waals surface area contributed by atoms with Gasteiger partial charge in [0.15, 0.2) is 0 Å². The molecule has 0 aliphatic carbocycles. The molecule has 0 saturated heterocycles. The SMILES string of the molecule is COC(=O)CC(=O)NCCn1c(N)nc(CCc2cccc(-c3ccco3)c2)cc1=O. The van der Waals surface area contributed by atoms with Crippen molar-refractivity contribution < 1.29 is 18.7 Å². The molecule has 0 aliphatic heterocycles. The number of furan rings is 1. The van der Waals surface area contributed by atoms with Gasteiger partial charge in [-0.2, -0.15) is 0 Å². The Morgan fingerprint density at radius 3 is 2.74 bits per heavy atom. The molecular weight excluding hydrogens is 400 g/mol. The zero-order chi connectivity index (χ0) is 22.2. The number of anilines is 1. The van der Waals surface area contributed by atoms with Gasteiger partial charge in [-0.1, -0.05) is 18.2 Å². The Bertz CT molecular complexity index is 1110. The van der Waals surface area contributed by atoms with Crippen molar-refractivity contribution >= 4 is 17.8 Å². The van der Waals surface area contributed by atoms with Crippen molar-refractivity contribution in [3.8, 4) is 11.3 Å². The molecule has 0 saturated carbocycles. The second-order valence-corrected chi connectivity index (χ2v) is 6.88. The van der Waals surface area contributed by atoms with Gasteiger partial charge in [0.05, 0.1) is 19.1 Å². The van der Waals surface area contributed by atoms with Crippen LogP contribution in [0.2, 0.25) is 0 Å². The van der Waals surface area contributed by atoms with Gasteiger partial charge in [-0.15, -0.1) is 0 Å². The van der Waals surface area contributed by atoms with Crippen LogP contribution in [0.3, 0.4) is 0 Å². The van der Waals surface area contributed by atoms with Crippen LogP contribution in [0.15, 0.2) is 57.9 Å². The zero-order valence-electron chi connectivity index (χ0n) is 17.2. The van der Waals surface area contributed by atoms with E-state index in [0.717, 1.165) is 16.9 Å². The van der Waals surface area contributed by atoms with Crippen LogP contribution in [0.5, 0.6) is 0 Å². The summed E-state index contributed by atoms with van der Waals surface area (Å²) in [5, 5.41) is 2.54. The Balaban J connectivity index is 1.58. The molecule has 9 nitrogen and oxygen atoms in total. The van der Waals surface area contributed by atoms with Crippen molar-refractivity contribution in [1.82, 2.24) is 14.9 Å². The molecule has 3 rings (SSSR count). The van der Waals surface area contributed by atoms with E-state index in [1.165, 1.54) is 17.7 Å². The van der Waals surface area contributed by atoms with Crippen molar-refractivity contribution in [2.24, 2.45) is 0 Å². The number of nitrogens with one attached hydrogen (secondary N) is 1. The van der Waals surface area contributed by atoms with Crippen molar-refractivity contribution in [2.75, 3.05) is 19.4 Å². The lowest BCUT2D eigenvalue weighted by atomic mass is 10.0. The number of hydrogen-bond acceptors (Lipinski definition) is 7. The first-order valence-corrected chi connectivity index (χ1v) is 9.79. The zero-order valence-corrected chi connectivity index (χ0v) is 17.2. The number of nitrogen functional groups attached to an aromatic ring is 1. The van der Waals surface area contributed by atoms with E-state index in [2.05, 4.69) is 15.0 Å². The first-order chi connectivity index (χ1) is 15.0. The van der Waals surface area contributed by atoms with E-state index in [1.807, 2.05) is 36.4 Å². The highest BCUT2D eigenvalue weighted by molar-refractivity contribution is 5.94. The van der Waals surface area contributed by atoms with Gasteiger partial charge in [0.2, 0.25) is 11.9 Å². The third-order valence-electron chi connectivity index (χ3n) is 4.68. The number of hydrogen-bond donors (Lipinski definition) is 2. The van der Waals surface area contributed by atoms with Crippen molar-refractivity contribution in [3.63, 3.8) is 0 Å². The first-order valence-electron chi connectivity index (χ1n) is 9.79. The van der Waals surface area contributed by atoms with E-state index in [-0.39, 0.29) is 31.0 Å². The van der Waals surface area contributed by atoms with Crippen LogP contribution in [-0.2, 0) is 33.7 Å². The number of nitrogens with two attached hydrogens (primary N) is 1. The molecule has 9 heteroatoms. The Morgan fingerprint density at radius 1 is 1.19 bits per heavy atom. The predicted molar refractivity (Wildman–Crippen MR) is 114 cm³/mol. The van der Waals surface area contributed by atoms with Crippen LogP contribution >= 0.6 is 0 Å². The summed E-state index contributed by atoms with van der Waals surface area (Å²) in [5.41, 5.74) is 8.32. The summed E-state index contributed by atoms with van der Waals surface area (Å²) in [6.45, 7) is 0.288. The summed E-state index contributed by atoms with van der Waals surface area (Å²) in [6, 6.07) is 13.2. The molecule has 1 amide bonds. The molecule has 2 aromatic heterocycles. The van der Waals surface area contributed by atoms with Crippen LogP contribution in [0.4, 0.5) is 5.95 Å². The van der Waals surface area contributed by atoms with Crippen LogP contribution in [0, 0.1) is 0 Å². The Morgan fingerprint density at radius 2 is 2.03 bits per heavy atom. The van der Waals surface area contributed by atoms with Crippen LogP contribution in [0.1, 0.15) is 17.7 Å². The average Bonchev–Trinajstić information content (AvgIpc) is 3.29. The first kappa shape index (κ1) is 21.8. The molecule has 0 aliphatic rings. The van der Waals surface area contributed by atoms with Gasteiger partial charge in [0.25, 0.3) is 5.56 Å². The number of carbonyl (C=O) groups is 2. The number of aromatic nitrogens is 2. The van der Waals surface area contributed by atoms with Gasteiger partial charge in [-0.05, 0) is 36.6 Å². The molecule has 1 aromatic carbocycles. The van der Waals surface area contributed by atoms with Crippen LogP contribution < -0.4 is 16.6 Å². The number of benzene rings is 1. The average molecular weight is 424 g/mol. The molecule has 0 bridgehead atoms. The quantitative estimate of drug-likeness (QED) is 0.394. The number of carbonyl (C=O) groups excluding carboxylic acids is 2.